The number of halogens is 1. The Morgan fingerprint density at radius 1 is 1.12 bits per heavy atom. The zero-order valence-electron chi connectivity index (χ0n) is 14.3. The Balaban J connectivity index is 2.61. The monoisotopic (exact) mass is 400 g/mol. The number of nitro benzene ring substituents is 1. The third-order valence-electron chi connectivity index (χ3n) is 3.64. The van der Waals surface area contributed by atoms with Gasteiger partial charge in [0.15, 0.2) is 0 Å². The standard InChI is InChI=1S/C16H17ClN2O6S/c1-4-18(14-9-11(19(20)21)5-7-16(14)25-3)26(22,23)12-6-8-15(24-2)13(17)10-12/h5-10H,4H2,1-3H3. The first-order valence-electron chi connectivity index (χ1n) is 7.45. The van der Waals surface area contributed by atoms with Crippen LogP contribution in [0.2, 0.25) is 5.02 Å². The van der Waals surface area contributed by atoms with Gasteiger partial charge in [-0.05, 0) is 31.2 Å². The molecule has 0 N–H and O–H groups in total. The largest absolute Gasteiger partial charge is 0.495 e. The molecule has 0 aliphatic rings. The van der Waals surface area contributed by atoms with E-state index in [4.69, 9.17) is 21.1 Å². The summed E-state index contributed by atoms with van der Waals surface area (Å²) in [6.07, 6.45) is 0. The number of hydrogen-bond acceptors (Lipinski definition) is 6. The number of nitro groups is 1. The fraction of sp³-hybridized carbons (Fsp3) is 0.250. The van der Waals surface area contributed by atoms with E-state index in [0.717, 1.165) is 10.4 Å². The molecule has 0 unspecified atom stereocenters. The first kappa shape index (κ1) is 19.8. The molecule has 0 aromatic heterocycles. The maximum absolute atomic E-state index is 13.1. The lowest BCUT2D eigenvalue weighted by molar-refractivity contribution is -0.384. The van der Waals surface area contributed by atoms with Gasteiger partial charge in [-0.3, -0.25) is 14.4 Å². The molecule has 0 aliphatic carbocycles. The van der Waals surface area contributed by atoms with E-state index < -0.39 is 14.9 Å². The summed E-state index contributed by atoms with van der Waals surface area (Å²) in [7, 11) is -1.26. The third-order valence-corrected chi connectivity index (χ3v) is 5.82. The molecule has 0 atom stereocenters. The number of benzene rings is 2. The minimum atomic E-state index is -4.04. The highest BCUT2D eigenvalue weighted by Gasteiger charge is 2.28. The van der Waals surface area contributed by atoms with E-state index in [1.807, 2.05) is 0 Å². The minimum absolute atomic E-state index is 0.0313. The molecule has 0 amide bonds. The first-order chi connectivity index (χ1) is 12.3. The van der Waals surface area contributed by atoms with Crippen molar-refractivity contribution in [2.24, 2.45) is 0 Å². The lowest BCUT2D eigenvalue weighted by Gasteiger charge is -2.24. The Bertz CT molecular complexity index is 932. The van der Waals surface area contributed by atoms with Crippen molar-refractivity contribution in [1.29, 1.82) is 0 Å². The van der Waals surface area contributed by atoms with Gasteiger partial charge in [-0.15, -0.1) is 0 Å². The number of nitrogens with zero attached hydrogens (tertiary/aromatic N) is 2. The van der Waals surface area contributed by atoms with Crippen LogP contribution in [0, 0.1) is 10.1 Å². The molecule has 0 bridgehead atoms. The summed E-state index contributed by atoms with van der Waals surface area (Å²) < 4.78 is 37.4. The normalized spacial score (nSPS) is 11.1. The molecular formula is C16H17ClN2O6S. The van der Waals surface area contributed by atoms with Gasteiger partial charge in [0, 0.05) is 18.7 Å². The van der Waals surface area contributed by atoms with E-state index in [2.05, 4.69) is 0 Å². The number of methoxy groups -OCH3 is 2. The zero-order chi connectivity index (χ0) is 19.5. The van der Waals surface area contributed by atoms with Gasteiger partial charge < -0.3 is 9.47 Å². The summed E-state index contributed by atoms with van der Waals surface area (Å²) in [4.78, 5) is 10.4. The molecule has 0 radical (unpaired) electrons. The van der Waals surface area contributed by atoms with Gasteiger partial charge in [0.05, 0.1) is 29.1 Å². The van der Waals surface area contributed by atoms with E-state index in [0.29, 0.717) is 5.75 Å². The highest BCUT2D eigenvalue weighted by molar-refractivity contribution is 7.92. The van der Waals surface area contributed by atoms with Crippen molar-refractivity contribution in [3.8, 4) is 11.5 Å². The van der Waals surface area contributed by atoms with Crippen LogP contribution in [-0.2, 0) is 10.0 Å². The van der Waals surface area contributed by atoms with E-state index in [-0.39, 0.29) is 33.6 Å². The fourth-order valence-electron chi connectivity index (χ4n) is 2.39. The molecule has 2 aromatic rings. The second-order valence-corrected chi connectivity index (χ2v) is 7.35. The molecule has 0 spiro atoms. The van der Waals surface area contributed by atoms with Gasteiger partial charge in [0.1, 0.15) is 17.2 Å². The van der Waals surface area contributed by atoms with Crippen LogP contribution in [0.3, 0.4) is 0 Å². The van der Waals surface area contributed by atoms with Crippen molar-refractivity contribution < 1.29 is 22.8 Å². The number of sulfonamides is 1. The van der Waals surface area contributed by atoms with Crippen molar-refractivity contribution >= 4 is 33.0 Å². The summed E-state index contributed by atoms with van der Waals surface area (Å²) in [5, 5.41) is 11.2. The second kappa shape index (κ2) is 7.79. The topological polar surface area (TPSA) is 99.0 Å². The van der Waals surface area contributed by atoms with Crippen LogP contribution in [0.4, 0.5) is 11.4 Å². The van der Waals surface area contributed by atoms with Crippen molar-refractivity contribution in [3.63, 3.8) is 0 Å². The van der Waals surface area contributed by atoms with E-state index in [1.165, 1.54) is 44.6 Å². The van der Waals surface area contributed by atoms with Crippen LogP contribution in [0.15, 0.2) is 41.3 Å². The predicted molar refractivity (Wildman–Crippen MR) is 97.9 cm³/mol. The Morgan fingerprint density at radius 3 is 2.23 bits per heavy atom. The summed E-state index contributed by atoms with van der Waals surface area (Å²) in [6, 6.07) is 7.81. The molecule has 2 aromatic carbocycles. The van der Waals surface area contributed by atoms with Crippen molar-refractivity contribution in [1.82, 2.24) is 0 Å². The Kier molecular flexibility index (Phi) is 5.94. The van der Waals surface area contributed by atoms with Crippen LogP contribution < -0.4 is 13.8 Å². The molecule has 8 nitrogen and oxygen atoms in total. The minimum Gasteiger partial charge on any atom is -0.495 e. The van der Waals surface area contributed by atoms with Crippen LogP contribution in [-0.4, -0.2) is 34.1 Å². The highest BCUT2D eigenvalue weighted by Crippen LogP contribution is 2.36. The maximum atomic E-state index is 13.1. The molecule has 0 heterocycles. The number of rotatable bonds is 7. The van der Waals surface area contributed by atoms with Gasteiger partial charge in [0.25, 0.3) is 15.7 Å². The summed E-state index contributed by atoms with van der Waals surface area (Å²) in [5.74, 6) is 0.530. The SMILES string of the molecule is CCN(c1cc([N+](=O)[O-])ccc1OC)S(=O)(=O)c1ccc(OC)c(Cl)c1. The van der Waals surface area contributed by atoms with E-state index >= 15 is 0 Å². The Morgan fingerprint density at radius 2 is 1.73 bits per heavy atom. The summed E-state index contributed by atoms with van der Waals surface area (Å²) in [6.45, 7) is 1.64. The molecule has 0 saturated heterocycles. The van der Waals surface area contributed by atoms with Gasteiger partial charge in [-0.2, -0.15) is 0 Å². The van der Waals surface area contributed by atoms with Crippen LogP contribution in [0.5, 0.6) is 11.5 Å². The number of hydrogen-bond donors (Lipinski definition) is 0. The third kappa shape index (κ3) is 3.68. The van der Waals surface area contributed by atoms with E-state index in [9.17, 15) is 18.5 Å². The average molecular weight is 401 g/mol. The smallest absolute Gasteiger partial charge is 0.271 e. The molecule has 0 saturated carbocycles. The number of anilines is 1. The van der Waals surface area contributed by atoms with Crippen LogP contribution in [0.1, 0.15) is 6.92 Å². The number of non-ortho nitro benzene ring substituents is 1. The predicted octanol–water partition coefficient (Wildman–Crippen LogP) is 3.48. The maximum Gasteiger partial charge on any atom is 0.271 e. The molecule has 140 valence electrons. The molecule has 0 fully saturated rings. The molecule has 26 heavy (non-hydrogen) atoms. The molecule has 10 heteroatoms. The number of ether oxygens (including phenoxy) is 2. The average Bonchev–Trinajstić information content (AvgIpc) is 2.61. The zero-order valence-corrected chi connectivity index (χ0v) is 15.9. The van der Waals surface area contributed by atoms with E-state index in [1.54, 1.807) is 6.92 Å². The van der Waals surface area contributed by atoms with Gasteiger partial charge in [-0.25, -0.2) is 8.42 Å². The second-order valence-electron chi connectivity index (χ2n) is 5.08. The van der Waals surface area contributed by atoms with Crippen LogP contribution >= 0.6 is 11.6 Å². The van der Waals surface area contributed by atoms with Gasteiger partial charge in [-0.1, -0.05) is 11.6 Å². The van der Waals surface area contributed by atoms with Crippen molar-refractivity contribution in [2.75, 3.05) is 25.1 Å². The lowest BCUT2D eigenvalue weighted by Crippen LogP contribution is -2.31. The molecule has 0 aliphatic heterocycles. The molecular weight excluding hydrogens is 384 g/mol. The fourth-order valence-corrected chi connectivity index (χ4v) is 4.22. The lowest BCUT2D eigenvalue weighted by atomic mass is 10.2. The summed E-state index contributed by atoms with van der Waals surface area (Å²) in [5.41, 5.74) is -0.182. The Hall–Kier alpha value is -2.52. The van der Waals surface area contributed by atoms with Gasteiger partial charge in [0.2, 0.25) is 0 Å². The Labute approximate surface area is 156 Å². The van der Waals surface area contributed by atoms with Gasteiger partial charge >= 0.3 is 0 Å². The van der Waals surface area contributed by atoms with Crippen molar-refractivity contribution in [2.45, 2.75) is 11.8 Å². The van der Waals surface area contributed by atoms with Crippen molar-refractivity contribution in [3.05, 3.63) is 51.5 Å². The van der Waals surface area contributed by atoms with Crippen LogP contribution in [0.25, 0.3) is 0 Å². The quantitative estimate of drug-likeness (QED) is 0.521. The summed E-state index contributed by atoms with van der Waals surface area (Å²) >= 11 is 6.03. The first-order valence-corrected chi connectivity index (χ1v) is 9.26. The molecule has 2 rings (SSSR count). The highest BCUT2D eigenvalue weighted by atomic mass is 35.5.